The van der Waals surface area contributed by atoms with E-state index in [1.165, 1.54) is 31.2 Å². The summed E-state index contributed by atoms with van der Waals surface area (Å²) in [4.78, 5) is 39.9. The third-order valence-electron chi connectivity index (χ3n) is 5.31. The molecule has 5 aromatic rings. The van der Waals surface area contributed by atoms with Crippen molar-refractivity contribution in [2.24, 2.45) is 0 Å². The molecule has 3 aromatic heterocycles. The molecule has 0 amide bonds. The number of carbonyl (C=O) groups excluding carboxylic acids is 3. The zero-order valence-electron chi connectivity index (χ0n) is 19.4. The van der Waals surface area contributed by atoms with E-state index in [9.17, 15) is 23.2 Å². The third kappa shape index (κ3) is 4.92. The van der Waals surface area contributed by atoms with Crippen molar-refractivity contribution in [3.05, 3.63) is 77.8 Å². The van der Waals surface area contributed by atoms with Gasteiger partial charge in [0.2, 0.25) is 0 Å². The number of esters is 1. The van der Waals surface area contributed by atoms with Crippen molar-refractivity contribution in [3.8, 4) is 11.3 Å². The van der Waals surface area contributed by atoms with Crippen LogP contribution in [0.5, 0.6) is 0 Å². The molecule has 0 fully saturated rings. The van der Waals surface area contributed by atoms with Crippen LogP contribution < -0.4 is 0 Å². The van der Waals surface area contributed by atoms with Gasteiger partial charge in [-0.25, -0.2) is 13.6 Å². The van der Waals surface area contributed by atoms with Gasteiger partial charge in [-0.15, -0.1) is 0 Å². The number of benzene rings is 2. The van der Waals surface area contributed by atoms with E-state index in [0.29, 0.717) is 38.7 Å². The van der Waals surface area contributed by atoms with Crippen LogP contribution in [0.1, 0.15) is 41.1 Å². The lowest BCUT2D eigenvalue weighted by Gasteiger charge is -2.01. The third-order valence-corrected chi connectivity index (χ3v) is 5.31. The van der Waals surface area contributed by atoms with Crippen LogP contribution in [0.25, 0.3) is 33.1 Å². The van der Waals surface area contributed by atoms with Gasteiger partial charge in [-0.3, -0.25) is 9.59 Å². The predicted octanol–water partition coefficient (Wildman–Crippen LogP) is 5.61. The first kappa shape index (κ1) is 24.5. The van der Waals surface area contributed by atoms with E-state index in [2.05, 4.69) is 15.1 Å². The number of Topliss-reactive ketones (excluding diaryl/α,β-unsaturated/α-hetero) is 2. The predicted molar refractivity (Wildman–Crippen MR) is 128 cm³/mol. The maximum Gasteiger partial charge on any atom is 0.360 e. The summed E-state index contributed by atoms with van der Waals surface area (Å²) in [6, 6.07) is 10.2. The number of ether oxygens (including phenoxy) is 1. The molecule has 0 spiro atoms. The summed E-state index contributed by atoms with van der Waals surface area (Å²) in [6.07, 6.45) is 3.05. The number of nitrogens with zero attached hydrogens (tertiary/aromatic N) is 1. The molecule has 0 aliphatic carbocycles. The minimum absolute atomic E-state index is 0.0888. The first-order chi connectivity index (χ1) is 17.3. The monoisotopic (exact) mass is 493 g/mol. The molecule has 2 aromatic carbocycles. The molecular weight excluding hydrogens is 472 g/mol. The first-order valence-electron chi connectivity index (χ1n) is 11.0. The second-order valence-electron chi connectivity index (χ2n) is 7.82. The van der Waals surface area contributed by atoms with Crippen molar-refractivity contribution in [2.45, 2.75) is 20.3 Å². The highest BCUT2D eigenvalue weighted by atomic mass is 19.1. The zero-order valence-corrected chi connectivity index (χ0v) is 19.4. The number of H-pyrrole nitrogens is 2. The van der Waals surface area contributed by atoms with Crippen LogP contribution in [0.4, 0.5) is 8.78 Å². The Morgan fingerprint density at radius 3 is 2.25 bits per heavy atom. The van der Waals surface area contributed by atoms with Gasteiger partial charge >= 0.3 is 5.97 Å². The first-order valence-corrected chi connectivity index (χ1v) is 11.0. The van der Waals surface area contributed by atoms with Crippen LogP contribution in [0.2, 0.25) is 0 Å². The molecule has 0 aliphatic rings. The van der Waals surface area contributed by atoms with Gasteiger partial charge < -0.3 is 19.2 Å². The second-order valence-corrected chi connectivity index (χ2v) is 7.82. The quantitative estimate of drug-likeness (QED) is 0.180. The molecule has 0 atom stereocenters. The smallest absolute Gasteiger partial charge is 0.360 e. The molecule has 184 valence electrons. The average Bonchev–Trinajstić information content (AvgIpc) is 3.60. The van der Waals surface area contributed by atoms with Gasteiger partial charge in [-0.2, -0.15) is 0 Å². The maximum absolute atomic E-state index is 13.6. The molecule has 0 aliphatic heterocycles. The van der Waals surface area contributed by atoms with Crippen molar-refractivity contribution in [2.75, 3.05) is 6.61 Å². The van der Waals surface area contributed by atoms with E-state index in [1.807, 2.05) is 0 Å². The van der Waals surface area contributed by atoms with Crippen molar-refractivity contribution in [1.29, 1.82) is 0 Å². The average molecular weight is 493 g/mol. The highest BCUT2D eigenvalue weighted by Crippen LogP contribution is 2.30. The summed E-state index contributed by atoms with van der Waals surface area (Å²) in [6.45, 7) is 3.33. The lowest BCUT2D eigenvalue weighted by atomic mass is 10.0. The molecule has 0 bridgehead atoms. The van der Waals surface area contributed by atoms with Gasteiger partial charge in [0, 0.05) is 40.4 Å². The number of rotatable bonds is 6. The molecule has 0 saturated heterocycles. The lowest BCUT2D eigenvalue weighted by Crippen LogP contribution is -2.05. The molecule has 3 heterocycles. The van der Waals surface area contributed by atoms with Crippen LogP contribution in [0.3, 0.4) is 0 Å². The minimum Gasteiger partial charge on any atom is -0.461 e. The fourth-order valence-electron chi connectivity index (χ4n) is 3.70. The molecule has 2 N–H and O–H groups in total. The molecule has 0 unspecified atom stereocenters. The largest absolute Gasteiger partial charge is 0.461 e. The standard InChI is InChI=1S/C14H11FN2O3.C12H10FNO2/c1-2-19-14(18)11-7-12(20-17-11)9-3-4-10(15)8-5-6-16-13(8)9;1-7(15)6-11(16)9-2-3-10(13)8-4-5-14-12(8)9/h3-7,16H,2H2,1H3;2-5,14H,6H2,1H3. The number of halogens is 2. The Labute approximate surface area is 203 Å². The normalized spacial score (nSPS) is 10.8. The van der Waals surface area contributed by atoms with E-state index in [1.54, 1.807) is 37.5 Å². The molecular formula is C26H21F2N3O5. The van der Waals surface area contributed by atoms with E-state index in [-0.39, 0.29) is 41.9 Å². The van der Waals surface area contributed by atoms with Gasteiger partial charge in [0.1, 0.15) is 17.4 Å². The van der Waals surface area contributed by atoms with Crippen molar-refractivity contribution >= 4 is 39.3 Å². The Balaban J connectivity index is 0.000000174. The topological polar surface area (TPSA) is 118 Å². The van der Waals surface area contributed by atoms with Gasteiger partial charge in [-0.1, -0.05) is 5.16 Å². The highest BCUT2D eigenvalue weighted by molar-refractivity contribution is 6.13. The summed E-state index contributed by atoms with van der Waals surface area (Å²) in [5, 5.41) is 4.49. The fourth-order valence-corrected chi connectivity index (χ4v) is 3.70. The van der Waals surface area contributed by atoms with Crippen LogP contribution in [-0.2, 0) is 9.53 Å². The van der Waals surface area contributed by atoms with Gasteiger partial charge in [0.05, 0.1) is 24.1 Å². The summed E-state index contributed by atoms with van der Waals surface area (Å²) in [5.41, 5.74) is 2.12. The maximum atomic E-state index is 13.6. The second kappa shape index (κ2) is 10.3. The van der Waals surface area contributed by atoms with E-state index in [4.69, 9.17) is 9.26 Å². The summed E-state index contributed by atoms with van der Waals surface area (Å²) in [5.74, 6) is -1.37. The fraction of sp³-hybridized carbons (Fsp3) is 0.154. The Hall–Kier alpha value is -4.60. The summed E-state index contributed by atoms with van der Waals surface area (Å²) < 4.78 is 36.9. The number of aromatic nitrogens is 3. The number of carbonyl (C=O) groups is 3. The summed E-state index contributed by atoms with van der Waals surface area (Å²) >= 11 is 0. The minimum atomic E-state index is -0.549. The Morgan fingerprint density at radius 2 is 1.58 bits per heavy atom. The SMILES string of the molecule is CC(=O)CC(=O)c1ccc(F)c2cc[nH]c12.CCOC(=O)c1cc(-c2ccc(F)c3cc[nH]c23)on1. The van der Waals surface area contributed by atoms with Gasteiger partial charge in [0.25, 0.3) is 0 Å². The molecule has 5 rings (SSSR count). The van der Waals surface area contributed by atoms with E-state index in [0.717, 1.165) is 0 Å². The van der Waals surface area contributed by atoms with Crippen LogP contribution in [0.15, 0.2) is 59.4 Å². The molecule has 8 nitrogen and oxygen atoms in total. The van der Waals surface area contributed by atoms with Crippen LogP contribution in [-0.4, -0.2) is 39.3 Å². The van der Waals surface area contributed by atoms with Crippen molar-refractivity contribution in [1.82, 2.24) is 15.1 Å². The molecule has 0 saturated carbocycles. The molecule has 0 radical (unpaired) electrons. The van der Waals surface area contributed by atoms with E-state index < -0.39 is 5.97 Å². The number of hydrogen-bond acceptors (Lipinski definition) is 6. The summed E-state index contributed by atoms with van der Waals surface area (Å²) in [7, 11) is 0. The number of ketones is 2. The number of nitrogens with one attached hydrogen (secondary N) is 2. The highest BCUT2D eigenvalue weighted by Gasteiger charge is 2.18. The molecule has 36 heavy (non-hydrogen) atoms. The zero-order chi connectivity index (χ0) is 25.8. The van der Waals surface area contributed by atoms with E-state index >= 15 is 0 Å². The Kier molecular flexibility index (Phi) is 7.05. The Bertz CT molecular complexity index is 1580. The molecule has 10 heteroatoms. The lowest BCUT2D eigenvalue weighted by molar-refractivity contribution is -0.116. The van der Waals surface area contributed by atoms with Gasteiger partial charge in [-0.05, 0) is 50.2 Å². The van der Waals surface area contributed by atoms with Crippen molar-refractivity contribution < 1.29 is 32.4 Å². The number of fused-ring (bicyclic) bond motifs is 2. The Morgan fingerprint density at radius 1 is 0.944 bits per heavy atom. The van der Waals surface area contributed by atoms with Crippen LogP contribution >= 0.6 is 0 Å². The number of hydrogen-bond donors (Lipinski definition) is 2. The van der Waals surface area contributed by atoms with Gasteiger partial charge in [0.15, 0.2) is 17.2 Å². The van der Waals surface area contributed by atoms with Crippen molar-refractivity contribution in [3.63, 3.8) is 0 Å². The van der Waals surface area contributed by atoms with Crippen LogP contribution in [0, 0.1) is 11.6 Å². The number of aromatic amines is 2.